The van der Waals surface area contributed by atoms with Crippen molar-refractivity contribution in [2.45, 2.75) is 12.1 Å². The Morgan fingerprint density at radius 2 is 1.82 bits per heavy atom. The van der Waals surface area contributed by atoms with Crippen molar-refractivity contribution in [3.63, 3.8) is 0 Å². The van der Waals surface area contributed by atoms with E-state index in [1.165, 1.54) is 0 Å². The maximum absolute atomic E-state index is 10.7. The summed E-state index contributed by atoms with van der Waals surface area (Å²) in [6.45, 7) is 1.37. The Hall–Kier alpha value is -2.80. The molecule has 28 heavy (non-hydrogen) atoms. The molecule has 2 N–H and O–H groups in total. The van der Waals surface area contributed by atoms with E-state index in [0.717, 1.165) is 22.5 Å². The minimum atomic E-state index is -0.809. The van der Waals surface area contributed by atoms with Crippen LogP contribution in [0.3, 0.4) is 0 Å². The number of nitrogens with one attached hydrogen (secondary N) is 1. The van der Waals surface area contributed by atoms with Crippen molar-refractivity contribution in [2.24, 2.45) is 0 Å². The Morgan fingerprint density at radius 3 is 2.61 bits per heavy atom. The molecule has 0 bridgehead atoms. The molecule has 1 aliphatic heterocycles. The van der Waals surface area contributed by atoms with Gasteiger partial charge in [-0.2, -0.15) is 0 Å². The average Bonchev–Trinajstić information content (AvgIpc) is 3.14. The van der Waals surface area contributed by atoms with E-state index in [2.05, 4.69) is 19.9 Å². The van der Waals surface area contributed by atoms with Gasteiger partial charge in [0, 0.05) is 37.0 Å². The van der Waals surface area contributed by atoms with Crippen LogP contribution in [0.25, 0.3) is 22.3 Å². The topological polar surface area (TPSA) is 77.9 Å². The van der Waals surface area contributed by atoms with Crippen molar-refractivity contribution >= 4 is 22.6 Å². The number of aromatic nitrogens is 4. The zero-order valence-corrected chi connectivity index (χ0v) is 15.7. The molecule has 6 nitrogen and oxygen atoms in total. The second-order valence-electron chi connectivity index (χ2n) is 6.94. The number of para-hydroxylation sites is 1. The Bertz CT molecular complexity index is 1120. The number of nitrogens with zero attached hydrogens (tertiary/aromatic N) is 4. The SMILES string of the molecule is OC(c1nc2c(Cl)cccc2[nH]1)N1CC(c2nccnc2-c2ccccc2)C1. The van der Waals surface area contributed by atoms with Crippen LogP contribution in [0.1, 0.15) is 23.7 Å². The fraction of sp³-hybridized carbons (Fsp3) is 0.190. The van der Waals surface area contributed by atoms with E-state index in [4.69, 9.17) is 11.6 Å². The number of hydrogen-bond donors (Lipinski definition) is 2. The fourth-order valence-electron chi connectivity index (χ4n) is 3.66. The lowest BCUT2D eigenvalue weighted by atomic mass is 9.92. The van der Waals surface area contributed by atoms with Crippen molar-refractivity contribution in [3.05, 3.63) is 77.5 Å². The molecule has 1 fully saturated rings. The van der Waals surface area contributed by atoms with Crippen LogP contribution in [-0.2, 0) is 0 Å². The number of rotatable bonds is 4. The molecule has 0 spiro atoms. The second-order valence-corrected chi connectivity index (χ2v) is 7.35. The molecule has 2 aromatic carbocycles. The predicted octanol–water partition coefficient (Wildman–Crippen LogP) is 3.76. The first-order chi connectivity index (χ1) is 13.7. The van der Waals surface area contributed by atoms with Crippen LogP contribution in [-0.4, -0.2) is 43.0 Å². The van der Waals surface area contributed by atoms with Gasteiger partial charge < -0.3 is 10.1 Å². The van der Waals surface area contributed by atoms with Crippen LogP contribution in [0, 0.1) is 0 Å². The molecule has 5 rings (SSSR count). The highest BCUT2D eigenvalue weighted by Gasteiger charge is 2.36. The molecule has 1 aliphatic rings. The van der Waals surface area contributed by atoms with Crippen LogP contribution in [0.15, 0.2) is 60.9 Å². The van der Waals surface area contributed by atoms with Crippen molar-refractivity contribution in [1.82, 2.24) is 24.8 Å². The maximum Gasteiger partial charge on any atom is 0.166 e. The molecule has 0 saturated carbocycles. The lowest BCUT2D eigenvalue weighted by Crippen LogP contribution is -2.47. The Labute approximate surface area is 166 Å². The third-order valence-electron chi connectivity index (χ3n) is 5.14. The normalized spacial score (nSPS) is 16.2. The van der Waals surface area contributed by atoms with E-state index >= 15 is 0 Å². The molecule has 1 atom stereocenters. The number of aromatic amines is 1. The molecule has 7 heteroatoms. The van der Waals surface area contributed by atoms with Gasteiger partial charge in [-0.25, -0.2) is 4.98 Å². The summed E-state index contributed by atoms with van der Waals surface area (Å²) in [5.41, 5.74) is 4.41. The number of benzene rings is 2. The predicted molar refractivity (Wildman–Crippen MR) is 108 cm³/mol. The van der Waals surface area contributed by atoms with Gasteiger partial charge in [0.05, 0.1) is 21.9 Å². The van der Waals surface area contributed by atoms with E-state index in [1.807, 2.05) is 47.4 Å². The number of likely N-dealkylation sites (tertiary alicyclic amines) is 1. The Balaban J connectivity index is 1.36. The largest absolute Gasteiger partial charge is 0.371 e. The molecule has 4 aromatic rings. The quantitative estimate of drug-likeness (QED) is 0.553. The lowest BCUT2D eigenvalue weighted by molar-refractivity contribution is -0.0537. The van der Waals surface area contributed by atoms with Gasteiger partial charge >= 0.3 is 0 Å². The average molecular weight is 392 g/mol. The third-order valence-corrected chi connectivity index (χ3v) is 5.45. The summed E-state index contributed by atoms with van der Waals surface area (Å²) in [4.78, 5) is 18.7. The molecule has 1 unspecified atom stereocenters. The first-order valence-corrected chi connectivity index (χ1v) is 9.51. The van der Waals surface area contributed by atoms with Crippen molar-refractivity contribution in [2.75, 3.05) is 13.1 Å². The lowest BCUT2D eigenvalue weighted by Gasteiger charge is -2.41. The monoisotopic (exact) mass is 391 g/mol. The van der Waals surface area contributed by atoms with Crippen LogP contribution >= 0.6 is 11.6 Å². The first kappa shape index (κ1) is 17.3. The molecule has 0 amide bonds. The molecular weight excluding hydrogens is 374 g/mol. The Kier molecular flexibility index (Phi) is 4.31. The van der Waals surface area contributed by atoms with Crippen LogP contribution in [0.2, 0.25) is 5.02 Å². The highest BCUT2D eigenvalue weighted by atomic mass is 35.5. The molecule has 1 saturated heterocycles. The summed E-state index contributed by atoms with van der Waals surface area (Å²) >= 11 is 6.19. The highest BCUT2D eigenvalue weighted by molar-refractivity contribution is 6.34. The number of H-pyrrole nitrogens is 1. The standard InChI is InChI=1S/C21H18ClN5O/c22-15-7-4-8-16-19(15)26-20(25-16)21(28)27-11-14(12-27)18-17(23-9-10-24-18)13-5-2-1-3-6-13/h1-10,14,21,28H,11-12H2,(H,25,26). The number of imidazole rings is 1. The number of halogens is 1. The van der Waals surface area contributed by atoms with Gasteiger partial charge in [-0.1, -0.05) is 48.0 Å². The minimum Gasteiger partial charge on any atom is -0.371 e. The number of aliphatic hydroxyl groups excluding tert-OH is 1. The summed E-state index contributed by atoms with van der Waals surface area (Å²) in [7, 11) is 0. The second kappa shape index (κ2) is 6.98. The molecule has 2 aromatic heterocycles. The van der Waals surface area contributed by atoms with Gasteiger partial charge in [0.2, 0.25) is 0 Å². The van der Waals surface area contributed by atoms with Crippen molar-refractivity contribution in [1.29, 1.82) is 0 Å². The summed E-state index contributed by atoms with van der Waals surface area (Å²) in [5, 5.41) is 11.3. The van der Waals surface area contributed by atoms with Gasteiger partial charge in [-0.3, -0.25) is 14.9 Å². The molecule has 3 heterocycles. The van der Waals surface area contributed by atoms with Crippen LogP contribution in [0.4, 0.5) is 0 Å². The smallest absolute Gasteiger partial charge is 0.166 e. The Morgan fingerprint density at radius 1 is 1.04 bits per heavy atom. The summed E-state index contributed by atoms with van der Waals surface area (Å²) in [5.74, 6) is 0.718. The number of aliphatic hydroxyl groups is 1. The highest BCUT2D eigenvalue weighted by Crippen LogP contribution is 2.36. The molecule has 140 valence electrons. The van der Waals surface area contributed by atoms with Crippen molar-refractivity contribution < 1.29 is 5.11 Å². The van der Waals surface area contributed by atoms with E-state index in [-0.39, 0.29) is 5.92 Å². The summed E-state index contributed by atoms with van der Waals surface area (Å²) in [6, 6.07) is 15.6. The number of hydrogen-bond acceptors (Lipinski definition) is 5. The molecule has 0 radical (unpaired) electrons. The first-order valence-electron chi connectivity index (χ1n) is 9.13. The van der Waals surface area contributed by atoms with Crippen molar-refractivity contribution in [3.8, 4) is 11.3 Å². The van der Waals surface area contributed by atoms with Gasteiger partial charge in [-0.15, -0.1) is 0 Å². The van der Waals surface area contributed by atoms with E-state index in [1.54, 1.807) is 18.5 Å². The van der Waals surface area contributed by atoms with Crippen LogP contribution < -0.4 is 0 Å². The molecular formula is C21H18ClN5O. The van der Waals surface area contributed by atoms with E-state index in [9.17, 15) is 5.11 Å². The maximum atomic E-state index is 10.7. The van der Waals surface area contributed by atoms with Gasteiger partial charge in [0.25, 0.3) is 0 Å². The summed E-state index contributed by atoms with van der Waals surface area (Å²) < 4.78 is 0. The van der Waals surface area contributed by atoms with Gasteiger partial charge in [0.1, 0.15) is 5.52 Å². The van der Waals surface area contributed by atoms with Crippen LogP contribution in [0.5, 0.6) is 0 Å². The fourth-order valence-corrected chi connectivity index (χ4v) is 3.88. The minimum absolute atomic E-state index is 0.214. The summed E-state index contributed by atoms with van der Waals surface area (Å²) in [6.07, 6.45) is 2.63. The van der Waals surface area contributed by atoms with Gasteiger partial charge in [0.15, 0.2) is 12.1 Å². The number of fused-ring (bicyclic) bond motifs is 1. The zero-order chi connectivity index (χ0) is 19.1. The van der Waals surface area contributed by atoms with Gasteiger partial charge in [-0.05, 0) is 12.1 Å². The van der Waals surface area contributed by atoms with E-state index < -0.39 is 6.23 Å². The third kappa shape index (κ3) is 2.96. The van der Waals surface area contributed by atoms with E-state index in [0.29, 0.717) is 29.5 Å². The zero-order valence-electron chi connectivity index (χ0n) is 15.0. The molecule has 0 aliphatic carbocycles.